The van der Waals surface area contributed by atoms with E-state index in [0.29, 0.717) is 0 Å². The van der Waals surface area contributed by atoms with Crippen LogP contribution in [-0.2, 0) is 6.42 Å². The third-order valence-corrected chi connectivity index (χ3v) is 3.17. The van der Waals surface area contributed by atoms with E-state index in [-0.39, 0.29) is 5.48 Å². The first kappa shape index (κ1) is 14.6. The lowest BCUT2D eigenvalue weighted by Gasteiger charge is -2.04. The van der Waals surface area contributed by atoms with Crippen molar-refractivity contribution in [3.05, 3.63) is 29.8 Å². The normalized spacial score (nSPS) is 9.73. The maximum Gasteiger partial charge on any atom is -0.0271 e. The van der Waals surface area contributed by atoms with Gasteiger partial charge in [0.2, 0.25) is 0 Å². The van der Waals surface area contributed by atoms with Gasteiger partial charge in [-0.1, -0.05) is 56.9 Å². The van der Waals surface area contributed by atoms with Crippen LogP contribution in [0, 0.1) is 0 Å². The van der Waals surface area contributed by atoms with Crippen molar-refractivity contribution in [2.75, 3.05) is 0 Å². The van der Waals surface area contributed by atoms with Gasteiger partial charge in [0.05, 0.1) is 0 Å². The fraction of sp³-hybridized carbons (Fsp3) is 0.538. The summed E-state index contributed by atoms with van der Waals surface area (Å²) in [4.78, 5) is 0. The Morgan fingerprint density at radius 2 is 1.67 bits per heavy atom. The highest BCUT2D eigenvalue weighted by molar-refractivity contribution is 7.27. The van der Waals surface area contributed by atoms with Crippen LogP contribution in [0.5, 0.6) is 0 Å². The van der Waals surface area contributed by atoms with Crippen LogP contribution in [0.2, 0.25) is 0 Å². The van der Waals surface area contributed by atoms with E-state index in [4.69, 9.17) is 0 Å². The lowest BCUT2D eigenvalue weighted by Crippen LogP contribution is -2.00. The van der Waals surface area contributed by atoms with E-state index < -0.39 is 0 Å². The first-order valence-electron chi connectivity index (χ1n) is 5.68. The molecule has 1 nitrogen and oxygen atoms in total. The van der Waals surface area contributed by atoms with Crippen molar-refractivity contribution in [1.82, 2.24) is 0 Å². The lowest BCUT2D eigenvalue weighted by molar-refractivity contribution is 0.633. The van der Waals surface area contributed by atoms with Crippen LogP contribution in [0.3, 0.4) is 0 Å². The molecule has 0 fully saturated rings. The molecule has 0 spiro atoms. The molecule has 15 heavy (non-hydrogen) atoms. The van der Waals surface area contributed by atoms with Gasteiger partial charge in [-0.15, -0.1) is 9.24 Å². The van der Waals surface area contributed by atoms with Gasteiger partial charge in [0.15, 0.2) is 0 Å². The maximum atomic E-state index is 2.82. The Kier molecular flexibility index (Phi) is 8.65. The predicted octanol–water partition coefficient (Wildman–Crippen LogP) is 2.88. The first-order valence-corrected chi connectivity index (χ1v) is 6.25. The molecule has 0 aliphatic rings. The zero-order chi connectivity index (χ0) is 10.2. The summed E-state index contributed by atoms with van der Waals surface area (Å²) in [5.74, 6) is 0. The molecule has 86 valence electrons. The Morgan fingerprint density at radius 3 is 2.33 bits per heavy atom. The molecule has 0 radical (unpaired) electrons. The largest absolute Gasteiger partial charge is 0.412 e. The molecule has 1 aromatic rings. The highest BCUT2D eigenvalue weighted by atomic mass is 31.0. The highest BCUT2D eigenvalue weighted by Crippen LogP contribution is 2.08. The second-order valence-electron chi connectivity index (χ2n) is 3.86. The zero-order valence-electron chi connectivity index (χ0n) is 9.63. The minimum Gasteiger partial charge on any atom is -0.412 e. The Morgan fingerprint density at radius 1 is 1.00 bits per heavy atom. The van der Waals surface area contributed by atoms with Crippen molar-refractivity contribution in [3.8, 4) is 0 Å². The molecule has 0 aliphatic carbocycles. The minimum atomic E-state index is 0. The van der Waals surface area contributed by atoms with Gasteiger partial charge in [-0.05, 0) is 23.7 Å². The van der Waals surface area contributed by atoms with Crippen molar-refractivity contribution in [1.29, 1.82) is 0 Å². The van der Waals surface area contributed by atoms with Crippen LogP contribution in [-0.4, -0.2) is 5.48 Å². The van der Waals surface area contributed by atoms with Crippen molar-refractivity contribution in [3.63, 3.8) is 0 Å². The Balaban J connectivity index is 0.00000196. The van der Waals surface area contributed by atoms with Crippen LogP contribution in [0.4, 0.5) is 0 Å². The van der Waals surface area contributed by atoms with Gasteiger partial charge >= 0.3 is 0 Å². The van der Waals surface area contributed by atoms with E-state index in [1.54, 1.807) is 0 Å². The molecule has 1 rings (SSSR count). The van der Waals surface area contributed by atoms with Crippen LogP contribution >= 0.6 is 9.24 Å². The standard InChI is InChI=1S/C13H21P.H2O/c1-2-3-4-5-6-9-12-10-7-8-11-13(12)14;/h7-8,10-11H,2-6,9,14H2,1H3;1H2. The van der Waals surface area contributed by atoms with Gasteiger partial charge in [-0.3, -0.25) is 0 Å². The maximum absolute atomic E-state index is 2.82. The van der Waals surface area contributed by atoms with Crippen LogP contribution < -0.4 is 5.30 Å². The van der Waals surface area contributed by atoms with E-state index in [1.807, 2.05) is 0 Å². The van der Waals surface area contributed by atoms with Crippen LogP contribution in [0.15, 0.2) is 24.3 Å². The number of hydrogen-bond acceptors (Lipinski definition) is 0. The van der Waals surface area contributed by atoms with Gasteiger partial charge in [-0.2, -0.15) is 0 Å². The molecule has 0 amide bonds. The Labute approximate surface area is 95.8 Å². The van der Waals surface area contributed by atoms with Gasteiger partial charge in [0, 0.05) is 0 Å². The van der Waals surface area contributed by atoms with Gasteiger partial charge in [0.25, 0.3) is 0 Å². The summed E-state index contributed by atoms with van der Waals surface area (Å²) in [5, 5.41) is 1.36. The molecule has 0 heterocycles. The second kappa shape index (κ2) is 8.88. The minimum absolute atomic E-state index is 0. The molecule has 0 saturated heterocycles. The molecule has 0 aliphatic heterocycles. The first-order chi connectivity index (χ1) is 6.84. The molecule has 1 aromatic carbocycles. The summed E-state index contributed by atoms with van der Waals surface area (Å²) in [7, 11) is 2.82. The zero-order valence-corrected chi connectivity index (χ0v) is 10.8. The summed E-state index contributed by atoms with van der Waals surface area (Å²) >= 11 is 0. The fourth-order valence-corrected chi connectivity index (χ4v) is 2.03. The van der Waals surface area contributed by atoms with Gasteiger partial charge in [-0.25, -0.2) is 0 Å². The smallest absolute Gasteiger partial charge is 0.0271 e. The summed E-state index contributed by atoms with van der Waals surface area (Å²) in [6.45, 7) is 2.26. The summed E-state index contributed by atoms with van der Waals surface area (Å²) in [6, 6.07) is 8.64. The van der Waals surface area contributed by atoms with E-state index >= 15 is 0 Å². The Hall–Kier alpha value is -0.390. The molecule has 1 unspecified atom stereocenters. The number of rotatable bonds is 6. The SMILES string of the molecule is CCCCCCCc1ccccc1P.O. The average molecular weight is 226 g/mol. The molecular weight excluding hydrogens is 203 g/mol. The van der Waals surface area contributed by atoms with E-state index in [9.17, 15) is 0 Å². The third-order valence-electron chi connectivity index (χ3n) is 2.60. The average Bonchev–Trinajstić information content (AvgIpc) is 2.20. The van der Waals surface area contributed by atoms with Crippen molar-refractivity contribution in [2.24, 2.45) is 0 Å². The highest BCUT2D eigenvalue weighted by Gasteiger charge is 1.96. The van der Waals surface area contributed by atoms with E-state index in [1.165, 1.54) is 49.4 Å². The number of benzene rings is 1. The van der Waals surface area contributed by atoms with Gasteiger partial charge in [0.1, 0.15) is 0 Å². The second-order valence-corrected chi connectivity index (χ2v) is 4.49. The lowest BCUT2D eigenvalue weighted by atomic mass is 10.1. The molecule has 2 N–H and O–H groups in total. The molecule has 1 atom stereocenters. The topological polar surface area (TPSA) is 31.5 Å². The van der Waals surface area contributed by atoms with Crippen LogP contribution in [0.25, 0.3) is 0 Å². The summed E-state index contributed by atoms with van der Waals surface area (Å²) in [5.41, 5.74) is 1.49. The van der Waals surface area contributed by atoms with E-state index in [2.05, 4.69) is 40.4 Å². The van der Waals surface area contributed by atoms with Crippen molar-refractivity contribution >= 4 is 14.5 Å². The Bertz CT molecular complexity index is 260. The van der Waals surface area contributed by atoms with E-state index in [0.717, 1.165) is 0 Å². The fourth-order valence-electron chi connectivity index (χ4n) is 1.68. The molecular formula is C13H23OP. The van der Waals surface area contributed by atoms with Crippen LogP contribution in [0.1, 0.15) is 44.6 Å². The predicted molar refractivity (Wildman–Crippen MR) is 71.9 cm³/mol. The monoisotopic (exact) mass is 226 g/mol. The number of unbranched alkanes of at least 4 members (excludes halogenated alkanes) is 4. The molecule has 2 heteroatoms. The summed E-state index contributed by atoms with van der Waals surface area (Å²) < 4.78 is 0. The third kappa shape index (κ3) is 5.92. The number of hydrogen-bond donors (Lipinski definition) is 0. The van der Waals surface area contributed by atoms with Crippen molar-refractivity contribution in [2.45, 2.75) is 45.4 Å². The summed E-state index contributed by atoms with van der Waals surface area (Å²) in [6.07, 6.45) is 8.08. The van der Waals surface area contributed by atoms with Gasteiger partial charge < -0.3 is 5.48 Å². The number of aryl methyl sites for hydroxylation is 1. The molecule has 0 saturated carbocycles. The molecule has 0 aromatic heterocycles. The quantitative estimate of drug-likeness (QED) is 0.527. The molecule has 0 bridgehead atoms. The van der Waals surface area contributed by atoms with Crippen molar-refractivity contribution < 1.29 is 5.48 Å².